The molecule has 2 aliphatic rings. The van der Waals surface area contributed by atoms with Crippen molar-refractivity contribution in [3.8, 4) is 0 Å². The molecule has 0 atom stereocenters. The molecule has 0 radical (unpaired) electrons. The van der Waals surface area contributed by atoms with Crippen LogP contribution in [0.3, 0.4) is 0 Å². The van der Waals surface area contributed by atoms with E-state index < -0.39 is 10.0 Å². The number of sulfonamides is 1. The Bertz CT molecular complexity index is 494. The van der Waals surface area contributed by atoms with Gasteiger partial charge in [0.05, 0.1) is 17.5 Å². The summed E-state index contributed by atoms with van der Waals surface area (Å²) in [7, 11) is -3.13. The molecule has 6 nitrogen and oxygen atoms in total. The molecule has 2 fully saturated rings. The van der Waals surface area contributed by atoms with E-state index in [0.717, 1.165) is 64.8 Å². The maximum Gasteiger partial charge on any atom is 0.213 e. The van der Waals surface area contributed by atoms with Crippen LogP contribution in [-0.4, -0.2) is 81.0 Å². The number of piperidine rings is 2. The summed E-state index contributed by atoms with van der Waals surface area (Å²) in [4.78, 5) is 4.97. The summed E-state index contributed by atoms with van der Waals surface area (Å²) in [6, 6.07) is 0.643. The van der Waals surface area contributed by atoms with Crippen molar-refractivity contribution in [3.05, 3.63) is 0 Å². The fourth-order valence-corrected chi connectivity index (χ4v) is 4.52. The second-order valence-corrected chi connectivity index (χ2v) is 10.7. The van der Waals surface area contributed by atoms with Gasteiger partial charge in [-0.3, -0.25) is 0 Å². The average molecular weight is 390 g/mol. The van der Waals surface area contributed by atoms with Crippen LogP contribution < -0.4 is 4.72 Å². The lowest BCUT2D eigenvalue weighted by Crippen LogP contribution is -2.44. The lowest BCUT2D eigenvalue weighted by Gasteiger charge is -2.38. The molecule has 0 saturated carbocycles. The van der Waals surface area contributed by atoms with Gasteiger partial charge in [-0.25, -0.2) is 13.1 Å². The number of rotatable bonds is 9. The van der Waals surface area contributed by atoms with Crippen molar-refractivity contribution >= 4 is 10.0 Å². The van der Waals surface area contributed by atoms with E-state index in [1.807, 2.05) is 0 Å². The quantitative estimate of drug-likeness (QED) is 0.612. The summed E-state index contributed by atoms with van der Waals surface area (Å²) < 4.78 is 32.5. The molecule has 0 spiro atoms. The topological polar surface area (TPSA) is 61.9 Å². The van der Waals surface area contributed by atoms with Crippen molar-refractivity contribution < 1.29 is 13.2 Å². The lowest BCUT2D eigenvalue weighted by molar-refractivity contribution is -0.0674. The van der Waals surface area contributed by atoms with Crippen LogP contribution in [0.2, 0.25) is 0 Å². The van der Waals surface area contributed by atoms with Gasteiger partial charge >= 0.3 is 0 Å². The fraction of sp³-hybridized carbons (Fsp3) is 1.00. The summed E-state index contributed by atoms with van der Waals surface area (Å²) in [5, 5.41) is -0.359. The van der Waals surface area contributed by atoms with Gasteiger partial charge in [-0.1, -0.05) is 0 Å². The van der Waals surface area contributed by atoms with Crippen molar-refractivity contribution in [3.63, 3.8) is 0 Å². The monoisotopic (exact) mass is 389 g/mol. The molecule has 0 unspecified atom stereocenters. The third-order valence-electron chi connectivity index (χ3n) is 5.70. The third-order valence-corrected chi connectivity index (χ3v) is 7.55. The van der Waals surface area contributed by atoms with Gasteiger partial charge in [0.15, 0.2) is 0 Å². The number of nitrogens with zero attached hydrogens (tertiary/aromatic N) is 2. The maximum absolute atomic E-state index is 11.7. The van der Waals surface area contributed by atoms with Gasteiger partial charge < -0.3 is 14.5 Å². The number of hydrogen-bond acceptors (Lipinski definition) is 5. The van der Waals surface area contributed by atoms with Gasteiger partial charge in [0, 0.05) is 38.8 Å². The highest BCUT2D eigenvalue weighted by Crippen LogP contribution is 2.21. The molecule has 0 aromatic rings. The number of nitrogens with one attached hydrogen (secondary N) is 1. The average Bonchev–Trinajstić information content (AvgIpc) is 2.60. The Hall–Kier alpha value is -0.210. The van der Waals surface area contributed by atoms with Crippen LogP contribution in [0.15, 0.2) is 0 Å². The summed E-state index contributed by atoms with van der Waals surface area (Å²) in [6.45, 7) is 13.9. The van der Waals surface area contributed by atoms with Crippen LogP contribution in [0.5, 0.6) is 0 Å². The van der Waals surface area contributed by atoms with Crippen molar-refractivity contribution in [2.24, 2.45) is 0 Å². The van der Waals surface area contributed by atoms with Crippen molar-refractivity contribution in [2.75, 3.05) is 39.3 Å². The largest absolute Gasteiger partial charge is 0.375 e. The van der Waals surface area contributed by atoms with E-state index in [1.54, 1.807) is 13.8 Å². The van der Waals surface area contributed by atoms with E-state index in [4.69, 9.17) is 4.74 Å². The Morgan fingerprint density at radius 3 is 2.00 bits per heavy atom. The molecule has 2 aliphatic heterocycles. The van der Waals surface area contributed by atoms with E-state index in [2.05, 4.69) is 28.4 Å². The van der Waals surface area contributed by atoms with E-state index in [-0.39, 0.29) is 5.25 Å². The zero-order valence-electron chi connectivity index (χ0n) is 17.1. The Morgan fingerprint density at radius 2 is 1.50 bits per heavy atom. The zero-order chi connectivity index (χ0) is 19.2. The van der Waals surface area contributed by atoms with Gasteiger partial charge in [0.2, 0.25) is 10.0 Å². The van der Waals surface area contributed by atoms with Crippen molar-refractivity contribution in [1.29, 1.82) is 0 Å². The van der Waals surface area contributed by atoms with E-state index >= 15 is 0 Å². The van der Waals surface area contributed by atoms with Gasteiger partial charge in [0.25, 0.3) is 0 Å². The van der Waals surface area contributed by atoms with Gasteiger partial charge in [0.1, 0.15) is 0 Å². The minimum atomic E-state index is -3.13. The molecule has 2 saturated heterocycles. The lowest BCUT2D eigenvalue weighted by atomic mass is 10.0. The molecule has 0 aliphatic carbocycles. The first-order valence-electron chi connectivity index (χ1n) is 10.4. The van der Waals surface area contributed by atoms with Crippen molar-refractivity contribution in [1.82, 2.24) is 14.5 Å². The minimum absolute atomic E-state index is 0.359. The Balaban J connectivity index is 1.57. The first-order valence-corrected chi connectivity index (χ1v) is 11.9. The number of likely N-dealkylation sites (tertiary alicyclic amines) is 2. The first kappa shape index (κ1) is 22.1. The van der Waals surface area contributed by atoms with Gasteiger partial charge in [-0.05, 0) is 66.3 Å². The minimum Gasteiger partial charge on any atom is -0.375 e. The van der Waals surface area contributed by atoms with Crippen LogP contribution in [0, 0.1) is 0 Å². The molecule has 154 valence electrons. The van der Waals surface area contributed by atoms with Gasteiger partial charge in [-0.15, -0.1) is 0 Å². The predicted octanol–water partition coefficient (Wildman–Crippen LogP) is 2.06. The summed E-state index contributed by atoms with van der Waals surface area (Å²) >= 11 is 0. The van der Waals surface area contributed by atoms with Gasteiger partial charge in [-0.2, -0.15) is 0 Å². The third kappa shape index (κ3) is 7.08. The van der Waals surface area contributed by atoms with E-state index in [9.17, 15) is 8.42 Å². The molecule has 1 N–H and O–H groups in total. The molecule has 2 rings (SSSR count). The fourth-order valence-electron chi connectivity index (χ4n) is 3.75. The second kappa shape index (κ2) is 10.4. The number of hydrogen-bond donors (Lipinski definition) is 1. The second-order valence-electron chi connectivity index (χ2n) is 8.35. The van der Waals surface area contributed by atoms with E-state index in [1.165, 1.54) is 0 Å². The SMILES string of the molecule is CC(C)N1CCC(OC2CCN(CCCNS(=O)(=O)C(C)C)CC2)CC1. The zero-order valence-corrected chi connectivity index (χ0v) is 17.9. The highest BCUT2D eigenvalue weighted by Gasteiger charge is 2.26. The molecular weight excluding hydrogens is 350 g/mol. The summed E-state index contributed by atoms with van der Waals surface area (Å²) in [6.07, 6.45) is 6.23. The smallest absolute Gasteiger partial charge is 0.213 e. The van der Waals surface area contributed by atoms with Crippen molar-refractivity contribution in [2.45, 2.75) is 83.3 Å². The summed E-state index contributed by atoms with van der Waals surface area (Å²) in [5.41, 5.74) is 0. The molecular formula is C19H39N3O3S. The molecule has 2 heterocycles. The summed E-state index contributed by atoms with van der Waals surface area (Å²) in [5.74, 6) is 0. The van der Waals surface area contributed by atoms with Crippen LogP contribution in [0.25, 0.3) is 0 Å². The molecule has 0 aromatic carbocycles. The highest BCUT2D eigenvalue weighted by molar-refractivity contribution is 7.90. The van der Waals surface area contributed by atoms with Crippen LogP contribution in [-0.2, 0) is 14.8 Å². The number of ether oxygens (including phenoxy) is 1. The Morgan fingerprint density at radius 1 is 0.962 bits per heavy atom. The first-order chi connectivity index (χ1) is 12.3. The molecule has 26 heavy (non-hydrogen) atoms. The molecule has 7 heteroatoms. The van der Waals surface area contributed by atoms with Crippen LogP contribution in [0.4, 0.5) is 0 Å². The highest BCUT2D eigenvalue weighted by atomic mass is 32.2. The standard InChI is InChI=1S/C19H39N3O3S/c1-16(2)22-14-8-19(9-15-22)25-18-6-12-21(13-7-18)11-5-10-20-26(23,24)17(3)4/h16-20H,5-15H2,1-4H3. The molecule has 0 aromatic heterocycles. The molecule has 0 bridgehead atoms. The normalized spacial score (nSPS) is 22.5. The molecule has 0 amide bonds. The van der Waals surface area contributed by atoms with Crippen LogP contribution in [0.1, 0.15) is 59.8 Å². The van der Waals surface area contributed by atoms with Crippen LogP contribution >= 0.6 is 0 Å². The predicted molar refractivity (Wildman–Crippen MR) is 107 cm³/mol. The Kier molecular flexibility index (Phi) is 8.80. The maximum atomic E-state index is 11.7. The Labute approximate surface area is 160 Å². The van der Waals surface area contributed by atoms with E-state index in [0.29, 0.717) is 24.8 Å².